The molecule has 1 aromatic carbocycles. The minimum absolute atomic E-state index is 0.163. The van der Waals surface area contributed by atoms with Gasteiger partial charge in [0.1, 0.15) is 10.8 Å². The molecular formula is C15H17Cl2F3N2O2. The Bertz CT molecular complexity index is 599. The van der Waals surface area contributed by atoms with Gasteiger partial charge in [0.05, 0.1) is 11.6 Å². The summed E-state index contributed by atoms with van der Waals surface area (Å²) in [6.07, 6.45) is -4.62. The minimum atomic E-state index is -4.24. The van der Waals surface area contributed by atoms with E-state index in [1.807, 2.05) is 0 Å². The molecule has 1 fully saturated rings. The van der Waals surface area contributed by atoms with E-state index < -0.39 is 24.7 Å². The van der Waals surface area contributed by atoms with Gasteiger partial charge in [0, 0.05) is 19.1 Å². The van der Waals surface area contributed by atoms with E-state index in [2.05, 4.69) is 5.32 Å². The van der Waals surface area contributed by atoms with Gasteiger partial charge in [-0.25, -0.2) is 0 Å². The summed E-state index contributed by atoms with van der Waals surface area (Å²) in [5.74, 6) is -0.137. The maximum Gasteiger partial charge on any atom is 0.401 e. The molecule has 2 rings (SSSR count). The zero-order chi connectivity index (χ0) is 17.9. The molecule has 0 unspecified atom stereocenters. The van der Waals surface area contributed by atoms with E-state index in [0.717, 1.165) is 0 Å². The van der Waals surface area contributed by atoms with Gasteiger partial charge in [0.15, 0.2) is 6.10 Å². The summed E-state index contributed by atoms with van der Waals surface area (Å²) in [7, 11) is 0. The Balaban J connectivity index is 1.85. The smallest absolute Gasteiger partial charge is 0.401 e. The minimum Gasteiger partial charge on any atom is -0.479 e. The van der Waals surface area contributed by atoms with E-state index in [-0.39, 0.29) is 23.4 Å². The van der Waals surface area contributed by atoms with Crippen molar-refractivity contribution in [3.8, 4) is 5.75 Å². The van der Waals surface area contributed by atoms with Crippen molar-refractivity contribution in [3.63, 3.8) is 0 Å². The highest BCUT2D eigenvalue weighted by molar-refractivity contribution is 6.42. The molecular weight excluding hydrogens is 368 g/mol. The first-order valence-corrected chi connectivity index (χ1v) is 8.11. The third-order valence-corrected chi connectivity index (χ3v) is 4.41. The molecule has 1 aliphatic rings. The summed E-state index contributed by atoms with van der Waals surface area (Å²) in [5, 5.41) is 3.21. The normalized spacial score (nSPS) is 20.0. The quantitative estimate of drug-likeness (QED) is 0.844. The summed E-state index contributed by atoms with van der Waals surface area (Å²) in [6, 6.07) is 4.48. The molecule has 1 heterocycles. The predicted molar refractivity (Wildman–Crippen MR) is 85.6 cm³/mol. The van der Waals surface area contributed by atoms with E-state index in [1.54, 1.807) is 18.2 Å². The lowest BCUT2D eigenvalue weighted by atomic mass is 10.2. The lowest BCUT2D eigenvalue weighted by Gasteiger charge is -2.20. The number of hydrogen-bond acceptors (Lipinski definition) is 3. The van der Waals surface area contributed by atoms with Crippen LogP contribution in [0.5, 0.6) is 5.75 Å². The maximum absolute atomic E-state index is 12.4. The van der Waals surface area contributed by atoms with Crippen LogP contribution in [0.2, 0.25) is 10.0 Å². The van der Waals surface area contributed by atoms with Crippen LogP contribution in [-0.4, -0.2) is 48.8 Å². The maximum atomic E-state index is 12.4. The van der Waals surface area contributed by atoms with Gasteiger partial charge in [-0.1, -0.05) is 29.3 Å². The van der Waals surface area contributed by atoms with E-state index in [9.17, 15) is 18.0 Å². The Labute approximate surface area is 147 Å². The van der Waals surface area contributed by atoms with E-state index in [4.69, 9.17) is 27.9 Å². The molecule has 0 bridgehead atoms. The van der Waals surface area contributed by atoms with Crippen molar-refractivity contribution in [2.75, 3.05) is 19.6 Å². The summed E-state index contributed by atoms with van der Waals surface area (Å²) < 4.78 is 42.6. The Kier molecular flexibility index (Phi) is 6.22. The molecule has 0 aliphatic carbocycles. The fourth-order valence-electron chi connectivity index (χ4n) is 2.49. The number of likely N-dealkylation sites (tertiary alicyclic amines) is 1. The molecule has 134 valence electrons. The SMILES string of the molecule is C[C@@H](Oc1cccc(Cl)c1Cl)C(=O)N[C@@H]1CCN(CC(F)(F)F)C1. The second-order valence-electron chi connectivity index (χ2n) is 5.66. The van der Waals surface area contributed by atoms with E-state index in [0.29, 0.717) is 18.0 Å². The van der Waals surface area contributed by atoms with E-state index >= 15 is 0 Å². The highest BCUT2D eigenvalue weighted by Crippen LogP contribution is 2.32. The number of nitrogens with one attached hydrogen (secondary N) is 1. The average molecular weight is 385 g/mol. The van der Waals surface area contributed by atoms with E-state index in [1.165, 1.54) is 11.8 Å². The van der Waals surface area contributed by atoms with Crippen LogP contribution in [0, 0.1) is 0 Å². The summed E-state index contributed by atoms with van der Waals surface area (Å²) in [6.45, 7) is 1.02. The Hall–Kier alpha value is -1.18. The first-order chi connectivity index (χ1) is 11.2. The van der Waals surface area contributed by atoms with Gasteiger partial charge < -0.3 is 10.1 Å². The van der Waals surface area contributed by atoms with Crippen molar-refractivity contribution in [2.45, 2.75) is 31.7 Å². The lowest BCUT2D eigenvalue weighted by molar-refractivity contribution is -0.143. The van der Waals surface area contributed by atoms with Gasteiger partial charge in [-0.15, -0.1) is 0 Å². The fraction of sp³-hybridized carbons (Fsp3) is 0.533. The molecule has 0 saturated carbocycles. The number of rotatable bonds is 5. The van der Waals surface area contributed by atoms with Crippen molar-refractivity contribution in [2.24, 2.45) is 0 Å². The third kappa shape index (κ3) is 5.43. The van der Waals surface area contributed by atoms with Crippen LogP contribution in [0.15, 0.2) is 18.2 Å². The summed E-state index contributed by atoms with van der Waals surface area (Å²) in [5.41, 5.74) is 0. The monoisotopic (exact) mass is 384 g/mol. The topological polar surface area (TPSA) is 41.6 Å². The molecule has 0 spiro atoms. The lowest BCUT2D eigenvalue weighted by Crippen LogP contribution is -2.44. The Morgan fingerprint density at radius 1 is 1.46 bits per heavy atom. The van der Waals surface area contributed by atoms with Crippen molar-refractivity contribution >= 4 is 29.1 Å². The average Bonchev–Trinajstić information content (AvgIpc) is 2.88. The number of carbonyl (C=O) groups is 1. The number of nitrogens with zero attached hydrogens (tertiary/aromatic N) is 1. The van der Waals surface area contributed by atoms with Crippen molar-refractivity contribution in [1.82, 2.24) is 10.2 Å². The summed E-state index contributed by atoms with van der Waals surface area (Å²) in [4.78, 5) is 13.4. The van der Waals surface area contributed by atoms with Crippen LogP contribution in [-0.2, 0) is 4.79 Å². The first kappa shape index (κ1) is 19.1. The van der Waals surface area contributed by atoms with Gasteiger partial charge in [-0.05, 0) is 25.5 Å². The molecule has 24 heavy (non-hydrogen) atoms. The van der Waals surface area contributed by atoms with Crippen molar-refractivity contribution in [1.29, 1.82) is 0 Å². The number of carbonyl (C=O) groups excluding carboxylic acids is 1. The van der Waals surface area contributed by atoms with Gasteiger partial charge in [-0.2, -0.15) is 13.2 Å². The van der Waals surface area contributed by atoms with Crippen LogP contribution < -0.4 is 10.1 Å². The zero-order valence-corrected chi connectivity index (χ0v) is 14.4. The standard InChI is InChI=1S/C15H17Cl2F3N2O2/c1-9(24-12-4-2-3-11(16)13(12)17)14(23)21-10-5-6-22(7-10)8-15(18,19)20/h2-4,9-10H,5-8H2,1H3,(H,21,23)/t9-,10-/m1/s1. The molecule has 2 atom stereocenters. The number of alkyl halides is 3. The Morgan fingerprint density at radius 2 is 2.17 bits per heavy atom. The molecule has 1 N–H and O–H groups in total. The fourth-order valence-corrected chi connectivity index (χ4v) is 2.82. The van der Waals surface area contributed by atoms with Crippen LogP contribution in [0.3, 0.4) is 0 Å². The second kappa shape index (κ2) is 7.80. The van der Waals surface area contributed by atoms with Crippen molar-refractivity contribution < 1.29 is 22.7 Å². The zero-order valence-electron chi connectivity index (χ0n) is 12.9. The molecule has 1 amide bonds. The highest BCUT2D eigenvalue weighted by atomic mass is 35.5. The number of amides is 1. The second-order valence-corrected chi connectivity index (χ2v) is 6.44. The van der Waals surface area contributed by atoms with Crippen LogP contribution in [0.25, 0.3) is 0 Å². The Morgan fingerprint density at radius 3 is 2.83 bits per heavy atom. The first-order valence-electron chi connectivity index (χ1n) is 7.36. The number of hydrogen-bond donors (Lipinski definition) is 1. The number of halogens is 5. The van der Waals surface area contributed by atoms with Gasteiger partial charge >= 0.3 is 6.18 Å². The van der Waals surface area contributed by atoms with Crippen LogP contribution in [0.4, 0.5) is 13.2 Å². The van der Waals surface area contributed by atoms with Crippen LogP contribution >= 0.6 is 23.2 Å². The molecule has 4 nitrogen and oxygen atoms in total. The number of benzene rings is 1. The largest absolute Gasteiger partial charge is 0.479 e. The summed E-state index contributed by atoms with van der Waals surface area (Å²) >= 11 is 11.9. The molecule has 1 aromatic rings. The van der Waals surface area contributed by atoms with Crippen molar-refractivity contribution in [3.05, 3.63) is 28.2 Å². The third-order valence-electron chi connectivity index (χ3n) is 3.61. The highest BCUT2D eigenvalue weighted by Gasteiger charge is 2.35. The van der Waals surface area contributed by atoms with Crippen LogP contribution in [0.1, 0.15) is 13.3 Å². The molecule has 1 aliphatic heterocycles. The molecule has 0 aromatic heterocycles. The van der Waals surface area contributed by atoms with Gasteiger partial charge in [0.25, 0.3) is 5.91 Å². The molecule has 0 radical (unpaired) electrons. The van der Waals surface area contributed by atoms with Gasteiger partial charge in [0.2, 0.25) is 0 Å². The molecule has 1 saturated heterocycles. The number of ether oxygens (including phenoxy) is 1. The predicted octanol–water partition coefficient (Wildman–Crippen LogP) is 3.51. The molecule has 9 heteroatoms. The van der Waals surface area contributed by atoms with Gasteiger partial charge in [-0.3, -0.25) is 9.69 Å².